The van der Waals surface area contributed by atoms with E-state index in [4.69, 9.17) is 5.84 Å². The van der Waals surface area contributed by atoms with Gasteiger partial charge in [0.2, 0.25) is 5.96 Å². The molecule has 6 nitrogen and oxygen atoms in total. The average molecular weight is 236 g/mol. The number of aliphatic imine (C=N–C) groups is 1. The van der Waals surface area contributed by atoms with Crippen LogP contribution in [0.2, 0.25) is 0 Å². The van der Waals surface area contributed by atoms with Crippen molar-refractivity contribution < 1.29 is 0 Å². The van der Waals surface area contributed by atoms with E-state index in [1.807, 2.05) is 18.7 Å². The predicted octanol–water partition coefficient (Wildman–Crippen LogP) is 0.108. The number of rotatable bonds is 3. The number of hydrogen-bond donors (Lipinski definition) is 3. The minimum Gasteiger partial charge on any atom is -0.353 e. The van der Waals surface area contributed by atoms with Gasteiger partial charge in [-0.15, -0.1) is 0 Å². The van der Waals surface area contributed by atoms with Gasteiger partial charge in [-0.25, -0.2) is 10.8 Å². The molecule has 1 aliphatic rings. The molecule has 1 fully saturated rings. The lowest BCUT2D eigenvalue weighted by Gasteiger charge is -2.07. The van der Waals surface area contributed by atoms with E-state index in [1.54, 1.807) is 0 Å². The predicted molar refractivity (Wildman–Crippen MR) is 67.3 cm³/mol. The van der Waals surface area contributed by atoms with Gasteiger partial charge < -0.3 is 5.32 Å². The number of nitrogens with two attached hydrogens (primary N) is 1. The van der Waals surface area contributed by atoms with Gasteiger partial charge in [0.15, 0.2) is 0 Å². The molecule has 0 saturated heterocycles. The first-order valence-corrected chi connectivity index (χ1v) is 5.88. The second-order valence-electron chi connectivity index (χ2n) is 4.50. The van der Waals surface area contributed by atoms with E-state index in [0.29, 0.717) is 18.5 Å². The number of hydrazine groups is 1. The second kappa shape index (κ2) is 4.75. The Kier molecular flexibility index (Phi) is 3.33. The van der Waals surface area contributed by atoms with Gasteiger partial charge >= 0.3 is 0 Å². The van der Waals surface area contributed by atoms with Gasteiger partial charge in [0.05, 0.1) is 12.2 Å². The molecule has 1 heterocycles. The maximum Gasteiger partial charge on any atom is 0.206 e. The van der Waals surface area contributed by atoms with Crippen LogP contribution in [0.15, 0.2) is 4.99 Å². The fourth-order valence-electron chi connectivity index (χ4n) is 1.76. The van der Waals surface area contributed by atoms with Gasteiger partial charge in [-0.05, 0) is 26.7 Å². The summed E-state index contributed by atoms with van der Waals surface area (Å²) < 4.78 is 1.88. The van der Waals surface area contributed by atoms with Gasteiger partial charge in [-0.2, -0.15) is 5.10 Å². The molecule has 94 valence electrons. The van der Waals surface area contributed by atoms with Crippen LogP contribution in [0.1, 0.15) is 29.8 Å². The lowest BCUT2D eigenvalue weighted by Crippen LogP contribution is -2.42. The van der Waals surface area contributed by atoms with Crippen molar-refractivity contribution in [3.8, 4) is 0 Å². The minimum atomic E-state index is 0.542. The normalized spacial score (nSPS) is 16.1. The van der Waals surface area contributed by atoms with Crippen molar-refractivity contribution >= 4 is 5.96 Å². The Balaban J connectivity index is 2.05. The van der Waals surface area contributed by atoms with Crippen molar-refractivity contribution in [2.75, 3.05) is 0 Å². The number of nitrogens with one attached hydrogen (secondary N) is 2. The van der Waals surface area contributed by atoms with E-state index in [0.717, 1.165) is 17.0 Å². The van der Waals surface area contributed by atoms with E-state index in [-0.39, 0.29) is 0 Å². The summed E-state index contributed by atoms with van der Waals surface area (Å²) in [5.41, 5.74) is 5.94. The lowest BCUT2D eigenvalue weighted by atomic mass is 10.2. The molecular formula is C11H20N6. The Bertz CT molecular complexity index is 429. The Morgan fingerprint density at radius 1 is 1.53 bits per heavy atom. The van der Waals surface area contributed by atoms with Crippen molar-refractivity contribution in [2.45, 2.75) is 39.3 Å². The van der Waals surface area contributed by atoms with Crippen LogP contribution >= 0.6 is 0 Å². The number of aromatic nitrogens is 2. The molecule has 4 N–H and O–H groups in total. The van der Waals surface area contributed by atoms with Gasteiger partial charge in [0.1, 0.15) is 0 Å². The molecule has 1 aromatic heterocycles. The first-order chi connectivity index (χ1) is 8.11. The maximum atomic E-state index is 5.43. The molecule has 0 atom stereocenters. The van der Waals surface area contributed by atoms with Crippen molar-refractivity contribution in [3.05, 3.63) is 17.0 Å². The first kappa shape index (κ1) is 11.9. The van der Waals surface area contributed by atoms with Crippen molar-refractivity contribution in [2.24, 2.45) is 17.9 Å². The summed E-state index contributed by atoms with van der Waals surface area (Å²) in [6.45, 7) is 4.65. The zero-order valence-corrected chi connectivity index (χ0v) is 10.6. The summed E-state index contributed by atoms with van der Waals surface area (Å²) in [7, 11) is 1.94. The van der Waals surface area contributed by atoms with E-state index in [1.165, 1.54) is 12.8 Å². The molecule has 0 aromatic carbocycles. The summed E-state index contributed by atoms with van der Waals surface area (Å²) in [4.78, 5) is 4.44. The molecule has 0 bridgehead atoms. The van der Waals surface area contributed by atoms with Crippen LogP contribution in [-0.4, -0.2) is 21.8 Å². The second-order valence-corrected chi connectivity index (χ2v) is 4.50. The SMILES string of the molecule is Cc1nn(C)c(C)c1CN=C(NN)NC1CC1. The lowest BCUT2D eigenvalue weighted by molar-refractivity contribution is 0.730. The molecule has 0 unspecified atom stereocenters. The highest BCUT2D eigenvalue weighted by atomic mass is 15.3. The quantitative estimate of drug-likeness (QED) is 0.301. The molecular weight excluding hydrogens is 216 g/mol. The number of guanidine groups is 1. The zero-order valence-electron chi connectivity index (χ0n) is 10.6. The Morgan fingerprint density at radius 3 is 2.71 bits per heavy atom. The van der Waals surface area contributed by atoms with Crippen LogP contribution in [0, 0.1) is 13.8 Å². The molecule has 6 heteroatoms. The molecule has 0 aliphatic heterocycles. The number of aryl methyl sites for hydroxylation is 2. The molecule has 0 amide bonds. The third-order valence-electron chi connectivity index (χ3n) is 3.11. The van der Waals surface area contributed by atoms with Gasteiger partial charge in [-0.1, -0.05) is 0 Å². The smallest absolute Gasteiger partial charge is 0.206 e. The van der Waals surface area contributed by atoms with E-state index >= 15 is 0 Å². The molecule has 0 spiro atoms. The summed E-state index contributed by atoms with van der Waals surface area (Å²) in [5.74, 6) is 6.09. The van der Waals surface area contributed by atoms with Crippen LogP contribution in [0.3, 0.4) is 0 Å². The maximum absolute atomic E-state index is 5.43. The Labute approximate surface area is 101 Å². The van der Waals surface area contributed by atoms with Crippen LogP contribution in [0.4, 0.5) is 0 Å². The van der Waals surface area contributed by atoms with Gasteiger partial charge in [0, 0.05) is 24.3 Å². The summed E-state index contributed by atoms with van der Waals surface area (Å²) in [5, 5.41) is 7.61. The van der Waals surface area contributed by atoms with Crippen LogP contribution in [0.25, 0.3) is 0 Å². The summed E-state index contributed by atoms with van der Waals surface area (Å²) >= 11 is 0. The van der Waals surface area contributed by atoms with Crippen molar-refractivity contribution in [3.63, 3.8) is 0 Å². The number of hydrogen-bond acceptors (Lipinski definition) is 3. The molecule has 17 heavy (non-hydrogen) atoms. The van der Waals surface area contributed by atoms with Crippen LogP contribution in [0.5, 0.6) is 0 Å². The van der Waals surface area contributed by atoms with Crippen LogP contribution < -0.4 is 16.6 Å². The standard InChI is InChI=1S/C11H20N6/c1-7-10(8(2)17(3)16-7)6-13-11(15-12)14-9-4-5-9/h9H,4-6,12H2,1-3H3,(H2,13,14,15). The summed E-state index contributed by atoms with van der Waals surface area (Å²) in [6.07, 6.45) is 2.40. The molecule has 1 saturated carbocycles. The van der Waals surface area contributed by atoms with E-state index in [9.17, 15) is 0 Å². The first-order valence-electron chi connectivity index (χ1n) is 5.88. The van der Waals surface area contributed by atoms with Crippen LogP contribution in [-0.2, 0) is 13.6 Å². The molecule has 1 aliphatic carbocycles. The highest BCUT2D eigenvalue weighted by Crippen LogP contribution is 2.18. The van der Waals surface area contributed by atoms with Crippen molar-refractivity contribution in [1.29, 1.82) is 0 Å². The highest BCUT2D eigenvalue weighted by Gasteiger charge is 2.22. The zero-order chi connectivity index (χ0) is 12.4. The minimum absolute atomic E-state index is 0.542. The molecule has 1 aromatic rings. The third kappa shape index (κ3) is 2.76. The fourth-order valence-corrected chi connectivity index (χ4v) is 1.76. The van der Waals surface area contributed by atoms with Gasteiger partial charge in [-0.3, -0.25) is 10.1 Å². The largest absolute Gasteiger partial charge is 0.353 e. The summed E-state index contributed by atoms with van der Waals surface area (Å²) in [6, 6.07) is 0.542. The monoisotopic (exact) mass is 236 g/mol. The molecule has 0 radical (unpaired) electrons. The fraction of sp³-hybridized carbons (Fsp3) is 0.636. The van der Waals surface area contributed by atoms with E-state index < -0.39 is 0 Å². The van der Waals surface area contributed by atoms with E-state index in [2.05, 4.69) is 27.8 Å². The third-order valence-corrected chi connectivity index (χ3v) is 3.11. The average Bonchev–Trinajstić information content (AvgIpc) is 3.07. The number of nitrogens with zero attached hydrogens (tertiary/aromatic N) is 3. The van der Waals surface area contributed by atoms with Crippen molar-refractivity contribution in [1.82, 2.24) is 20.5 Å². The van der Waals surface area contributed by atoms with Gasteiger partial charge in [0.25, 0.3) is 0 Å². The topological polar surface area (TPSA) is 80.3 Å². The Hall–Kier alpha value is -1.56. The highest BCUT2D eigenvalue weighted by molar-refractivity contribution is 5.79. The Morgan fingerprint density at radius 2 is 2.24 bits per heavy atom. The molecule has 2 rings (SSSR count).